The van der Waals surface area contributed by atoms with Gasteiger partial charge in [0.25, 0.3) is 5.91 Å². The van der Waals surface area contributed by atoms with E-state index in [2.05, 4.69) is 5.32 Å². The Bertz CT molecular complexity index is 515. The van der Waals surface area contributed by atoms with Crippen LogP contribution in [0.25, 0.3) is 0 Å². The summed E-state index contributed by atoms with van der Waals surface area (Å²) in [4.78, 5) is 11.8. The number of carbonyl (C=O) groups is 1. The lowest BCUT2D eigenvalue weighted by molar-refractivity contribution is -0.124. The van der Waals surface area contributed by atoms with Gasteiger partial charge in [-0.3, -0.25) is 4.79 Å². The van der Waals surface area contributed by atoms with Crippen molar-refractivity contribution in [3.8, 4) is 11.8 Å². The van der Waals surface area contributed by atoms with E-state index in [0.29, 0.717) is 31.1 Å². The van der Waals surface area contributed by atoms with Crippen LogP contribution in [-0.4, -0.2) is 45.0 Å². The fourth-order valence-corrected chi connectivity index (χ4v) is 2.05. The van der Waals surface area contributed by atoms with Gasteiger partial charge in [-0.2, -0.15) is 5.26 Å². The SMILES string of the molecule is COC1(CNC(=O)COc2ccc(C#N)cc2)CCOC1. The molecule has 1 N–H and O–H groups in total. The lowest BCUT2D eigenvalue weighted by atomic mass is 10.0. The zero-order chi connectivity index (χ0) is 15.1. The second-order valence-electron chi connectivity index (χ2n) is 4.89. The Morgan fingerprint density at radius 3 is 2.81 bits per heavy atom. The number of nitrogens with zero attached hydrogens (tertiary/aromatic N) is 1. The van der Waals surface area contributed by atoms with Crippen molar-refractivity contribution >= 4 is 5.91 Å². The highest BCUT2D eigenvalue weighted by Gasteiger charge is 2.35. The van der Waals surface area contributed by atoms with Gasteiger partial charge in [-0.25, -0.2) is 0 Å². The van der Waals surface area contributed by atoms with Crippen LogP contribution in [0.2, 0.25) is 0 Å². The third-order valence-corrected chi connectivity index (χ3v) is 3.46. The van der Waals surface area contributed by atoms with Crippen molar-refractivity contribution in [2.45, 2.75) is 12.0 Å². The molecule has 1 saturated heterocycles. The summed E-state index contributed by atoms with van der Waals surface area (Å²) in [6.07, 6.45) is 0.764. The van der Waals surface area contributed by atoms with Gasteiger partial charge in [-0.1, -0.05) is 0 Å². The smallest absolute Gasteiger partial charge is 0.258 e. The highest BCUT2D eigenvalue weighted by atomic mass is 16.5. The zero-order valence-electron chi connectivity index (χ0n) is 11.9. The van der Waals surface area contributed by atoms with Gasteiger partial charge in [0, 0.05) is 26.7 Å². The average Bonchev–Trinajstić information content (AvgIpc) is 3.01. The van der Waals surface area contributed by atoms with E-state index in [-0.39, 0.29) is 12.5 Å². The zero-order valence-corrected chi connectivity index (χ0v) is 11.9. The van der Waals surface area contributed by atoms with Crippen molar-refractivity contribution in [2.24, 2.45) is 0 Å². The molecule has 1 aliphatic heterocycles. The fraction of sp³-hybridized carbons (Fsp3) is 0.467. The van der Waals surface area contributed by atoms with E-state index in [9.17, 15) is 4.79 Å². The third-order valence-electron chi connectivity index (χ3n) is 3.46. The predicted octanol–water partition coefficient (Wildman–Crippen LogP) is 0.859. The maximum absolute atomic E-state index is 11.8. The van der Waals surface area contributed by atoms with Crippen LogP contribution in [0.15, 0.2) is 24.3 Å². The minimum absolute atomic E-state index is 0.0768. The number of hydrogen-bond acceptors (Lipinski definition) is 5. The molecule has 0 aliphatic carbocycles. The van der Waals surface area contributed by atoms with Gasteiger partial charge in [-0.15, -0.1) is 0 Å². The van der Waals surface area contributed by atoms with Crippen molar-refractivity contribution in [3.05, 3.63) is 29.8 Å². The van der Waals surface area contributed by atoms with Gasteiger partial charge in [-0.05, 0) is 24.3 Å². The molecular formula is C15H18N2O4. The molecule has 6 nitrogen and oxygen atoms in total. The van der Waals surface area contributed by atoms with Gasteiger partial charge in [0.1, 0.15) is 11.4 Å². The van der Waals surface area contributed by atoms with Crippen molar-refractivity contribution in [3.63, 3.8) is 0 Å². The van der Waals surface area contributed by atoms with Crippen LogP contribution in [0.3, 0.4) is 0 Å². The van der Waals surface area contributed by atoms with E-state index >= 15 is 0 Å². The monoisotopic (exact) mass is 290 g/mol. The first-order valence-electron chi connectivity index (χ1n) is 6.70. The molecule has 6 heteroatoms. The molecule has 0 aromatic heterocycles. The van der Waals surface area contributed by atoms with Crippen LogP contribution < -0.4 is 10.1 Å². The molecule has 1 fully saturated rings. The van der Waals surface area contributed by atoms with Gasteiger partial charge in [0.15, 0.2) is 6.61 Å². The third kappa shape index (κ3) is 4.18. The van der Waals surface area contributed by atoms with Gasteiger partial charge in [0.05, 0.1) is 18.2 Å². The summed E-state index contributed by atoms with van der Waals surface area (Å²) in [6.45, 7) is 1.46. The molecule has 0 radical (unpaired) electrons. The first-order valence-corrected chi connectivity index (χ1v) is 6.70. The number of nitrogens with one attached hydrogen (secondary N) is 1. The van der Waals surface area contributed by atoms with E-state index in [1.54, 1.807) is 31.4 Å². The molecule has 0 saturated carbocycles. The summed E-state index contributed by atoms with van der Waals surface area (Å²) in [5.41, 5.74) is 0.125. The van der Waals surface area contributed by atoms with Crippen LogP contribution in [0.4, 0.5) is 0 Å². The normalized spacial score (nSPS) is 20.8. The molecular weight excluding hydrogens is 272 g/mol. The number of methoxy groups -OCH3 is 1. The lowest BCUT2D eigenvalue weighted by Gasteiger charge is -2.25. The number of hydrogen-bond donors (Lipinski definition) is 1. The van der Waals surface area contributed by atoms with Gasteiger partial charge < -0.3 is 19.5 Å². The molecule has 1 amide bonds. The number of rotatable bonds is 6. The second kappa shape index (κ2) is 7.07. The van der Waals surface area contributed by atoms with Crippen molar-refractivity contribution in [2.75, 3.05) is 33.5 Å². The number of benzene rings is 1. The quantitative estimate of drug-likeness (QED) is 0.840. The van der Waals surface area contributed by atoms with Gasteiger partial charge in [0.2, 0.25) is 0 Å². The van der Waals surface area contributed by atoms with Crippen LogP contribution in [0.5, 0.6) is 5.75 Å². The molecule has 112 valence electrons. The first-order chi connectivity index (χ1) is 10.2. The summed E-state index contributed by atoms with van der Waals surface area (Å²) in [7, 11) is 1.62. The maximum Gasteiger partial charge on any atom is 0.258 e. The van der Waals surface area contributed by atoms with E-state index < -0.39 is 5.60 Å². The largest absolute Gasteiger partial charge is 0.484 e. The van der Waals surface area contributed by atoms with Crippen molar-refractivity contribution < 1.29 is 19.0 Å². The minimum Gasteiger partial charge on any atom is -0.484 e. The molecule has 1 heterocycles. The Hall–Kier alpha value is -2.10. The van der Waals surface area contributed by atoms with E-state index in [1.165, 1.54) is 0 Å². The van der Waals surface area contributed by atoms with Crippen LogP contribution in [-0.2, 0) is 14.3 Å². The molecule has 2 rings (SSSR count). The number of carbonyl (C=O) groups excluding carboxylic acids is 1. The maximum atomic E-state index is 11.8. The Balaban J connectivity index is 1.75. The lowest BCUT2D eigenvalue weighted by Crippen LogP contribution is -2.46. The minimum atomic E-state index is -0.426. The van der Waals surface area contributed by atoms with Crippen molar-refractivity contribution in [1.29, 1.82) is 5.26 Å². The average molecular weight is 290 g/mol. The van der Waals surface area contributed by atoms with Crippen LogP contribution >= 0.6 is 0 Å². The Morgan fingerprint density at radius 1 is 1.48 bits per heavy atom. The summed E-state index contributed by atoms with van der Waals surface area (Å²) in [5.74, 6) is 0.331. The van der Waals surface area contributed by atoms with Crippen molar-refractivity contribution in [1.82, 2.24) is 5.32 Å². The molecule has 21 heavy (non-hydrogen) atoms. The second-order valence-corrected chi connectivity index (χ2v) is 4.89. The Morgan fingerprint density at radius 2 is 2.24 bits per heavy atom. The summed E-state index contributed by atoms with van der Waals surface area (Å²) in [5, 5.41) is 11.5. The number of ether oxygens (including phenoxy) is 3. The molecule has 1 aliphatic rings. The molecule has 1 aromatic carbocycles. The molecule has 1 aromatic rings. The van der Waals surface area contributed by atoms with Gasteiger partial charge >= 0.3 is 0 Å². The Labute approximate surface area is 123 Å². The molecule has 1 unspecified atom stereocenters. The Kier molecular flexibility index (Phi) is 5.14. The number of nitriles is 1. The first kappa shape index (κ1) is 15.3. The van der Waals surface area contributed by atoms with Crippen LogP contribution in [0, 0.1) is 11.3 Å². The molecule has 1 atom stereocenters. The summed E-state index contributed by atoms with van der Waals surface area (Å²) >= 11 is 0. The topological polar surface area (TPSA) is 80.6 Å². The predicted molar refractivity (Wildman–Crippen MR) is 74.8 cm³/mol. The summed E-state index contributed by atoms with van der Waals surface area (Å²) in [6, 6.07) is 8.62. The molecule has 0 spiro atoms. The van der Waals surface area contributed by atoms with E-state index in [1.807, 2.05) is 6.07 Å². The highest BCUT2D eigenvalue weighted by molar-refractivity contribution is 5.77. The van der Waals surface area contributed by atoms with E-state index in [4.69, 9.17) is 19.5 Å². The fourth-order valence-electron chi connectivity index (χ4n) is 2.05. The van der Waals surface area contributed by atoms with E-state index in [0.717, 1.165) is 6.42 Å². The van der Waals surface area contributed by atoms with Crippen LogP contribution in [0.1, 0.15) is 12.0 Å². The number of amides is 1. The standard InChI is InChI=1S/C15H18N2O4/c1-19-15(6-7-20-11-15)10-17-14(18)9-21-13-4-2-12(8-16)3-5-13/h2-5H,6-7,9-11H2,1H3,(H,17,18). The molecule has 0 bridgehead atoms. The summed E-state index contributed by atoms with van der Waals surface area (Å²) < 4.78 is 16.1. The highest BCUT2D eigenvalue weighted by Crippen LogP contribution is 2.21.